The van der Waals surface area contributed by atoms with Gasteiger partial charge in [0, 0.05) is 35.2 Å². The third-order valence-corrected chi connectivity index (χ3v) is 4.89. The second-order valence-electron chi connectivity index (χ2n) is 4.84. The summed E-state index contributed by atoms with van der Waals surface area (Å²) in [6.45, 7) is 0. The van der Waals surface area contributed by atoms with Crippen LogP contribution in [0.15, 0.2) is 35.4 Å². The van der Waals surface area contributed by atoms with Gasteiger partial charge in [-0.25, -0.2) is 9.07 Å². The molecule has 25 heavy (non-hydrogen) atoms. The zero-order valence-electron chi connectivity index (χ0n) is 12.6. The number of carbonyl (C=O) groups is 1. The number of aliphatic carboxylic acids is 1. The SMILES string of the molecule is Cl.N[C@@H](Cc1cnc(CS(=O)c2ccc([N+](=O)[O-])cc2)n1Cl)C(=O)O. The van der Waals surface area contributed by atoms with E-state index in [9.17, 15) is 19.1 Å². The number of nitro groups is 1. The van der Waals surface area contributed by atoms with Crippen molar-refractivity contribution in [2.45, 2.75) is 23.1 Å². The number of benzene rings is 1. The highest BCUT2D eigenvalue weighted by Gasteiger charge is 2.18. The van der Waals surface area contributed by atoms with Gasteiger partial charge >= 0.3 is 5.97 Å². The van der Waals surface area contributed by atoms with Crippen LogP contribution in [0.3, 0.4) is 0 Å². The van der Waals surface area contributed by atoms with Gasteiger partial charge in [0.25, 0.3) is 5.69 Å². The molecule has 3 N–H and O–H groups in total. The molecule has 1 aromatic heterocycles. The number of non-ortho nitro benzene ring substituents is 1. The highest BCUT2D eigenvalue weighted by atomic mass is 35.5. The summed E-state index contributed by atoms with van der Waals surface area (Å²) >= 11 is 6.05. The Balaban J connectivity index is 0.00000312. The van der Waals surface area contributed by atoms with E-state index in [1.165, 1.54) is 30.5 Å². The van der Waals surface area contributed by atoms with Crippen molar-refractivity contribution >= 4 is 46.6 Å². The Labute approximate surface area is 155 Å². The molecule has 0 fully saturated rings. The van der Waals surface area contributed by atoms with Gasteiger partial charge in [0.05, 0.1) is 33.4 Å². The summed E-state index contributed by atoms with van der Waals surface area (Å²) in [6, 6.07) is 4.20. The summed E-state index contributed by atoms with van der Waals surface area (Å²) in [5.74, 6) is -0.909. The maximum Gasteiger partial charge on any atom is 0.320 e. The summed E-state index contributed by atoms with van der Waals surface area (Å²) < 4.78 is 13.4. The lowest BCUT2D eigenvalue weighted by atomic mass is 10.2. The molecule has 1 unspecified atom stereocenters. The van der Waals surface area contributed by atoms with Crippen molar-refractivity contribution in [1.29, 1.82) is 0 Å². The summed E-state index contributed by atoms with van der Waals surface area (Å²) in [7, 11) is -1.51. The smallest absolute Gasteiger partial charge is 0.320 e. The first-order valence-corrected chi connectivity index (χ1v) is 8.28. The number of nitrogens with zero attached hydrogens (tertiary/aromatic N) is 3. The van der Waals surface area contributed by atoms with E-state index < -0.39 is 27.7 Å². The molecule has 0 spiro atoms. The van der Waals surface area contributed by atoms with Crippen LogP contribution in [-0.2, 0) is 27.8 Å². The van der Waals surface area contributed by atoms with E-state index in [2.05, 4.69) is 4.98 Å². The Morgan fingerprint density at radius 1 is 1.44 bits per heavy atom. The minimum absolute atomic E-state index is 0. The van der Waals surface area contributed by atoms with Crippen LogP contribution in [0, 0.1) is 10.1 Å². The standard InChI is InChI=1S/C13H13ClN4O5S.ClH/c14-17-9(5-11(15)13(19)20)6-16-12(17)7-24(23)10-3-1-8(2-4-10)18(21)22;/h1-4,6,11H,5,7,15H2,(H,19,20);1H/t11-,24?;/m0./s1. The van der Waals surface area contributed by atoms with E-state index in [0.717, 1.165) is 4.09 Å². The first-order valence-electron chi connectivity index (χ1n) is 6.62. The zero-order valence-corrected chi connectivity index (χ0v) is 15.0. The number of hydrogen-bond donors (Lipinski definition) is 2. The lowest BCUT2D eigenvalue weighted by molar-refractivity contribution is -0.384. The Morgan fingerprint density at radius 2 is 2.04 bits per heavy atom. The molecule has 2 rings (SSSR count). The summed E-state index contributed by atoms with van der Waals surface area (Å²) in [5.41, 5.74) is 5.74. The van der Waals surface area contributed by atoms with Crippen molar-refractivity contribution in [2.75, 3.05) is 0 Å². The predicted octanol–water partition coefficient (Wildman–Crippen LogP) is 1.48. The van der Waals surface area contributed by atoms with E-state index in [4.69, 9.17) is 22.6 Å². The van der Waals surface area contributed by atoms with Crippen molar-refractivity contribution < 1.29 is 19.0 Å². The molecule has 0 amide bonds. The highest BCUT2D eigenvalue weighted by molar-refractivity contribution is 7.84. The average Bonchev–Trinajstić information content (AvgIpc) is 2.88. The molecule has 0 radical (unpaired) electrons. The quantitative estimate of drug-likeness (QED) is 0.521. The molecular formula is C13H14Cl2N4O5S. The number of carboxylic acids is 1. The predicted molar refractivity (Wildman–Crippen MR) is 93.3 cm³/mol. The molecule has 0 bridgehead atoms. The molecule has 0 saturated carbocycles. The summed E-state index contributed by atoms with van der Waals surface area (Å²) in [4.78, 5) is 25.2. The van der Waals surface area contributed by atoms with Crippen LogP contribution in [0.5, 0.6) is 0 Å². The van der Waals surface area contributed by atoms with Crippen molar-refractivity contribution in [3.63, 3.8) is 0 Å². The molecule has 9 nitrogen and oxygen atoms in total. The van der Waals surface area contributed by atoms with Crippen LogP contribution < -0.4 is 5.73 Å². The van der Waals surface area contributed by atoms with Gasteiger partial charge in [-0.3, -0.25) is 19.1 Å². The van der Waals surface area contributed by atoms with Crippen LogP contribution in [0.1, 0.15) is 11.5 Å². The number of nitro benzene ring substituents is 1. The normalized spacial score (nSPS) is 12.9. The van der Waals surface area contributed by atoms with Gasteiger partial charge in [0.1, 0.15) is 11.9 Å². The Bertz CT molecular complexity index is 796. The Morgan fingerprint density at radius 3 is 2.56 bits per heavy atom. The molecule has 12 heteroatoms. The molecule has 1 aromatic carbocycles. The lowest BCUT2D eigenvalue weighted by Gasteiger charge is -2.07. The minimum Gasteiger partial charge on any atom is -0.480 e. The number of aromatic nitrogens is 2. The third kappa shape index (κ3) is 5.23. The topological polar surface area (TPSA) is 141 Å². The van der Waals surface area contributed by atoms with Gasteiger partial charge in [-0.2, -0.15) is 0 Å². The molecule has 0 aliphatic heterocycles. The zero-order chi connectivity index (χ0) is 17.9. The fourth-order valence-electron chi connectivity index (χ4n) is 1.88. The Hall–Kier alpha value is -2.01. The Kier molecular flexibility index (Phi) is 7.49. The first-order chi connectivity index (χ1) is 11.3. The number of carboxylic acid groups (broad SMARTS) is 1. The minimum atomic E-state index is -1.51. The van der Waals surface area contributed by atoms with Crippen LogP contribution in [0.25, 0.3) is 0 Å². The maximum atomic E-state index is 12.3. The number of hydrogen-bond acceptors (Lipinski definition) is 6. The maximum absolute atomic E-state index is 12.3. The number of nitrogens with two attached hydrogens (primary N) is 1. The molecule has 136 valence electrons. The number of halogens is 2. The summed E-state index contributed by atoms with van der Waals surface area (Å²) in [6.07, 6.45) is 1.36. The van der Waals surface area contributed by atoms with Crippen molar-refractivity contribution in [3.05, 3.63) is 52.1 Å². The lowest BCUT2D eigenvalue weighted by Crippen LogP contribution is -2.32. The van der Waals surface area contributed by atoms with Gasteiger partial charge in [-0.1, -0.05) is 0 Å². The van der Waals surface area contributed by atoms with E-state index in [0.29, 0.717) is 10.6 Å². The third-order valence-electron chi connectivity index (χ3n) is 3.16. The first kappa shape index (κ1) is 21.0. The molecule has 1 heterocycles. The fourth-order valence-corrected chi connectivity index (χ4v) is 3.21. The molecule has 0 saturated heterocycles. The van der Waals surface area contributed by atoms with Gasteiger partial charge in [0.15, 0.2) is 0 Å². The van der Waals surface area contributed by atoms with Crippen molar-refractivity contribution in [1.82, 2.24) is 9.07 Å². The van der Waals surface area contributed by atoms with E-state index >= 15 is 0 Å². The largest absolute Gasteiger partial charge is 0.480 e. The van der Waals surface area contributed by atoms with Gasteiger partial charge < -0.3 is 10.8 Å². The molecule has 2 aromatic rings. The van der Waals surface area contributed by atoms with Crippen molar-refractivity contribution in [2.24, 2.45) is 5.73 Å². The van der Waals surface area contributed by atoms with Crippen LogP contribution >= 0.6 is 24.2 Å². The van der Waals surface area contributed by atoms with Crippen molar-refractivity contribution in [3.8, 4) is 0 Å². The summed E-state index contributed by atoms with van der Waals surface area (Å²) in [5, 5.41) is 19.4. The number of imidazole rings is 1. The van der Waals surface area contributed by atoms with E-state index in [-0.39, 0.29) is 36.1 Å². The molecule has 2 atom stereocenters. The van der Waals surface area contributed by atoms with E-state index in [1.807, 2.05) is 0 Å². The van der Waals surface area contributed by atoms with Gasteiger partial charge in [-0.15, -0.1) is 12.4 Å². The van der Waals surface area contributed by atoms with Crippen LogP contribution in [0.2, 0.25) is 0 Å². The molecule has 0 aliphatic carbocycles. The number of rotatable bonds is 7. The second-order valence-corrected chi connectivity index (χ2v) is 6.63. The van der Waals surface area contributed by atoms with Gasteiger partial charge in [0.2, 0.25) is 0 Å². The highest BCUT2D eigenvalue weighted by Crippen LogP contribution is 2.18. The molecular weight excluding hydrogens is 395 g/mol. The second kappa shape index (κ2) is 8.90. The average molecular weight is 409 g/mol. The fraction of sp³-hybridized carbons (Fsp3) is 0.231. The van der Waals surface area contributed by atoms with E-state index in [1.54, 1.807) is 0 Å². The van der Waals surface area contributed by atoms with Crippen LogP contribution in [-0.4, -0.2) is 35.3 Å². The van der Waals surface area contributed by atoms with Crippen LogP contribution in [0.4, 0.5) is 5.69 Å². The van der Waals surface area contributed by atoms with Gasteiger partial charge in [-0.05, 0) is 12.1 Å². The monoisotopic (exact) mass is 408 g/mol. The molecule has 0 aliphatic rings.